The van der Waals surface area contributed by atoms with E-state index in [9.17, 15) is 0 Å². The van der Waals surface area contributed by atoms with Gasteiger partial charge in [0.05, 0.1) is 17.3 Å². The second kappa shape index (κ2) is 6.26. The summed E-state index contributed by atoms with van der Waals surface area (Å²) in [7, 11) is 0. The number of H-pyrrole nitrogens is 1. The molecule has 0 atom stereocenters. The lowest BCUT2D eigenvalue weighted by molar-refractivity contribution is 0.915. The Morgan fingerprint density at radius 2 is 1.77 bits per heavy atom. The van der Waals surface area contributed by atoms with Gasteiger partial charge in [0.25, 0.3) is 0 Å². The van der Waals surface area contributed by atoms with Crippen molar-refractivity contribution in [1.82, 2.24) is 4.98 Å². The number of anilines is 1. The van der Waals surface area contributed by atoms with Crippen molar-refractivity contribution in [3.63, 3.8) is 0 Å². The van der Waals surface area contributed by atoms with Crippen LogP contribution in [0.2, 0.25) is 0 Å². The second-order valence-electron chi connectivity index (χ2n) is 6.83. The van der Waals surface area contributed by atoms with Crippen molar-refractivity contribution in [1.29, 1.82) is 0 Å². The molecule has 4 aromatic rings. The van der Waals surface area contributed by atoms with Crippen molar-refractivity contribution in [2.24, 2.45) is 0 Å². The van der Waals surface area contributed by atoms with Crippen molar-refractivity contribution in [2.75, 3.05) is 10.8 Å². The van der Waals surface area contributed by atoms with Gasteiger partial charge in [0, 0.05) is 27.9 Å². The summed E-state index contributed by atoms with van der Waals surface area (Å²) in [5.74, 6) is 1.01. The SMILES string of the molecule is Cc1ccc2[nH]c(-c3ccccc3)c(CN3CSc4ccccc43)c2c1. The number of fused-ring (bicyclic) bond motifs is 2. The average Bonchev–Trinajstić information content (AvgIpc) is 3.25. The largest absolute Gasteiger partial charge is 0.357 e. The summed E-state index contributed by atoms with van der Waals surface area (Å²) in [4.78, 5) is 7.54. The second-order valence-corrected chi connectivity index (χ2v) is 7.82. The average molecular weight is 356 g/mol. The molecular formula is C23H20N2S. The Hall–Kier alpha value is -2.65. The summed E-state index contributed by atoms with van der Waals surface area (Å²) in [5, 5.41) is 1.33. The first-order chi connectivity index (χ1) is 12.8. The molecule has 1 aromatic heterocycles. The van der Waals surface area contributed by atoms with Crippen LogP contribution in [0.1, 0.15) is 11.1 Å². The number of aromatic amines is 1. The number of nitrogens with one attached hydrogen (secondary N) is 1. The lowest BCUT2D eigenvalue weighted by Gasteiger charge is -2.19. The molecule has 2 nitrogen and oxygen atoms in total. The number of aromatic nitrogens is 1. The maximum absolute atomic E-state index is 3.67. The van der Waals surface area contributed by atoms with Crippen LogP contribution in [0.15, 0.2) is 77.7 Å². The van der Waals surface area contributed by atoms with Crippen molar-refractivity contribution in [2.45, 2.75) is 18.4 Å². The molecule has 2 heterocycles. The van der Waals surface area contributed by atoms with Crippen molar-refractivity contribution in [3.05, 3.63) is 83.9 Å². The first kappa shape index (κ1) is 15.6. The molecule has 0 fully saturated rings. The Labute approximate surface area is 157 Å². The highest BCUT2D eigenvalue weighted by Crippen LogP contribution is 2.41. The molecule has 0 amide bonds. The molecule has 1 aliphatic rings. The van der Waals surface area contributed by atoms with E-state index in [1.807, 2.05) is 11.8 Å². The smallest absolute Gasteiger partial charge is 0.0690 e. The van der Waals surface area contributed by atoms with Gasteiger partial charge in [-0.3, -0.25) is 0 Å². The Morgan fingerprint density at radius 3 is 2.65 bits per heavy atom. The topological polar surface area (TPSA) is 19.0 Å². The Bertz CT molecular complexity index is 1080. The number of rotatable bonds is 3. The highest BCUT2D eigenvalue weighted by molar-refractivity contribution is 7.99. The molecule has 1 aliphatic heterocycles. The van der Waals surface area contributed by atoms with Crippen LogP contribution in [0.4, 0.5) is 5.69 Å². The number of benzene rings is 3. The van der Waals surface area contributed by atoms with Crippen LogP contribution < -0.4 is 4.90 Å². The van der Waals surface area contributed by atoms with E-state index in [0.29, 0.717) is 0 Å². The molecule has 5 rings (SSSR count). The van der Waals surface area contributed by atoms with Crippen LogP contribution in [0.25, 0.3) is 22.2 Å². The van der Waals surface area contributed by atoms with E-state index in [4.69, 9.17) is 0 Å². The quantitative estimate of drug-likeness (QED) is 0.470. The van der Waals surface area contributed by atoms with E-state index in [2.05, 4.69) is 89.6 Å². The zero-order chi connectivity index (χ0) is 17.5. The monoisotopic (exact) mass is 356 g/mol. The summed E-state index contributed by atoms with van der Waals surface area (Å²) in [5.41, 5.74) is 7.72. The van der Waals surface area contributed by atoms with Gasteiger partial charge in [-0.1, -0.05) is 54.1 Å². The van der Waals surface area contributed by atoms with Crippen LogP contribution >= 0.6 is 11.8 Å². The number of thioether (sulfide) groups is 1. The molecule has 3 heteroatoms. The minimum Gasteiger partial charge on any atom is -0.357 e. The summed E-state index contributed by atoms with van der Waals surface area (Å²) >= 11 is 1.92. The lowest BCUT2D eigenvalue weighted by atomic mass is 10.0. The summed E-state index contributed by atoms with van der Waals surface area (Å²) in [6.45, 7) is 3.08. The van der Waals surface area contributed by atoms with Gasteiger partial charge < -0.3 is 9.88 Å². The van der Waals surface area contributed by atoms with Gasteiger partial charge in [-0.25, -0.2) is 0 Å². The van der Waals surface area contributed by atoms with Crippen LogP contribution in [-0.4, -0.2) is 10.9 Å². The molecular weight excluding hydrogens is 336 g/mol. The molecule has 0 spiro atoms. The van der Waals surface area contributed by atoms with Crippen molar-refractivity contribution < 1.29 is 0 Å². The molecule has 0 saturated heterocycles. The molecule has 0 aliphatic carbocycles. The Morgan fingerprint density at radius 1 is 0.962 bits per heavy atom. The first-order valence-corrected chi connectivity index (χ1v) is 9.91. The molecule has 3 aromatic carbocycles. The van der Waals surface area contributed by atoms with Gasteiger partial charge in [0.15, 0.2) is 0 Å². The van der Waals surface area contributed by atoms with Gasteiger partial charge in [-0.2, -0.15) is 0 Å². The van der Waals surface area contributed by atoms with E-state index < -0.39 is 0 Å². The van der Waals surface area contributed by atoms with Gasteiger partial charge in [0.2, 0.25) is 0 Å². The molecule has 0 bridgehead atoms. The first-order valence-electron chi connectivity index (χ1n) is 8.93. The van der Waals surface area contributed by atoms with Gasteiger partial charge in [0.1, 0.15) is 0 Å². The van der Waals surface area contributed by atoms with Gasteiger partial charge in [-0.15, -0.1) is 11.8 Å². The number of nitrogens with zero attached hydrogens (tertiary/aromatic N) is 1. The van der Waals surface area contributed by atoms with E-state index in [0.717, 1.165) is 12.4 Å². The summed E-state index contributed by atoms with van der Waals surface area (Å²) in [6.07, 6.45) is 0. The number of para-hydroxylation sites is 1. The van der Waals surface area contributed by atoms with Crippen LogP contribution in [-0.2, 0) is 6.54 Å². The predicted molar refractivity (Wildman–Crippen MR) is 112 cm³/mol. The minimum absolute atomic E-state index is 0.914. The highest BCUT2D eigenvalue weighted by atomic mass is 32.2. The third-order valence-electron chi connectivity index (χ3n) is 5.05. The van der Waals surface area contributed by atoms with E-state index in [-0.39, 0.29) is 0 Å². The Balaban J connectivity index is 1.65. The third kappa shape index (κ3) is 2.60. The normalized spacial score (nSPS) is 13.3. The Kier molecular flexibility index (Phi) is 3.75. The fourth-order valence-corrected chi connectivity index (χ4v) is 4.80. The van der Waals surface area contributed by atoms with Crippen molar-refractivity contribution >= 4 is 28.4 Å². The van der Waals surface area contributed by atoms with E-state index in [1.165, 1.54) is 43.9 Å². The number of hydrogen-bond acceptors (Lipinski definition) is 2. The maximum Gasteiger partial charge on any atom is 0.0690 e. The molecule has 128 valence electrons. The number of hydrogen-bond donors (Lipinski definition) is 1. The minimum atomic E-state index is 0.914. The van der Waals surface area contributed by atoms with Crippen LogP contribution in [0.3, 0.4) is 0 Å². The van der Waals surface area contributed by atoms with Crippen LogP contribution in [0, 0.1) is 6.92 Å². The zero-order valence-corrected chi connectivity index (χ0v) is 15.5. The lowest BCUT2D eigenvalue weighted by Crippen LogP contribution is -2.18. The van der Waals surface area contributed by atoms with E-state index in [1.54, 1.807) is 0 Å². The molecule has 26 heavy (non-hydrogen) atoms. The van der Waals surface area contributed by atoms with E-state index >= 15 is 0 Å². The summed E-state index contributed by atoms with van der Waals surface area (Å²) < 4.78 is 0. The molecule has 1 N–H and O–H groups in total. The predicted octanol–water partition coefficient (Wildman–Crippen LogP) is 6.21. The maximum atomic E-state index is 3.67. The molecule has 0 unspecified atom stereocenters. The van der Waals surface area contributed by atoms with Crippen LogP contribution in [0.5, 0.6) is 0 Å². The van der Waals surface area contributed by atoms with Gasteiger partial charge >= 0.3 is 0 Å². The molecule has 0 radical (unpaired) electrons. The van der Waals surface area contributed by atoms with Gasteiger partial charge in [-0.05, 0) is 36.8 Å². The van der Waals surface area contributed by atoms with Crippen molar-refractivity contribution in [3.8, 4) is 11.3 Å². The molecule has 0 saturated carbocycles. The fourth-order valence-electron chi connectivity index (χ4n) is 3.76. The third-order valence-corrected chi connectivity index (χ3v) is 6.15. The fraction of sp³-hybridized carbons (Fsp3) is 0.130. The zero-order valence-electron chi connectivity index (χ0n) is 14.7. The number of aryl methyl sites for hydroxylation is 1. The summed E-state index contributed by atoms with van der Waals surface area (Å²) in [6, 6.07) is 26.1. The highest BCUT2D eigenvalue weighted by Gasteiger charge is 2.22. The standard InChI is InChI=1S/C23H20N2S/c1-16-11-12-20-18(13-16)19(23(24-20)17-7-3-2-4-8-17)14-25-15-26-22-10-6-5-9-21(22)25/h2-13,24H,14-15H2,1H3.